The standard InChI is InChI=1S/C14H18N2OS/c1-3-18-14-6-4-5-13(11(14)9-15)16-12-7-8-17-10(12)2/h4-6,10,12,16H,3,7-8H2,1-2H3. The molecule has 1 heterocycles. The van der Waals surface area contributed by atoms with Gasteiger partial charge in [0.15, 0.2) is 0 Å². The van der Waals surface area contributed by atoms with Gasteiger partial charge in [-0.3, -0.25) is 0 Å². The molecule has 96 valence electrons. The van der Waals surface area contributed by atoms with Crippen LogP contribution in [-0.4, -0.2) is 24.5 Å². The van der Waals surface area contributed by atoms with E-state index in [1.54, 1.807) is 11.8 Å². The summed E-state index contributed by atoms with van der Waals surface area (Å²) in [6.07, 6.45) is 1.20. The smallest absolute Gasteiger partial charge is 0.102 e. The van der Waals surface area contributed by atoms with Gasteiger partial charge in [0.1, 0.15) is 6.07 Å². The maximum absolute atomic E-state index is 9.33. The van der Waals surface area contributed by atoms with Crippen LogP contribution in [0.25, 0.3) is 0 Å². The van der Waals surface area contributed by atoms with Crippen molar-refractivity contribution in [2.24, 2.45) is 0 Å². The average Bonchev–Trinajstić information content (AvgIpc) is 2.76. The first-order valence-electron chi connectivity index (χ1n) is 6.30. The average molecular weight is 262 g/mol. The molecule has 0 radical (unpaired) electrons. The Balaban J connectivity index is 2.22. The number of anilines is 1. The highest BCUT2D eigenvalue weighted by molar-refractivity contribution is 7.99. The fourth-order valence-electron chi connectivity index (χ4n) is 2.16. The van der Waals surface area contributed by atoms with Crippen molar-refractivity contribution in [2.75, 3.05) is 17.7 Å². The van der Waals surface area contributed by atoms with Gasteiger partial charge in [0, 0.05) is 11.5 Å². The van der Waals surface area contributed by atoms with Crippen molar-refractivity contribution in [2.45, 2.75) is 37.3 Å². The minimum absolute atomic E-state index is 0.207. The number of benzene rings is 1. The number of hydrogen-bond acceptors (Lipinski definition) is 4. The van der Waals surface area contributed by atoms with Crippen LogP contribution < -0.4 is 5.32 Å². The molecule has 2 atom stereocenters. The third kappa shape index (κ3) is 2.80. The molecular formula is C14H18N2OS. The monoisotopic (exact) mass is 262 g/mol. The van der Waals surface area contributed by atoms with Crippen LogP contribution in [0.5, 0.6) is 0 Å². The van der Waals surface area contributed by atoms with Crippen LogP contribution in [0.15, 0.2) is 23.1 Å². The van der Waals surface area contributed by atoms with Gasteiger partial charge in [0.25, 0.3) is 0 Å². The Morgan fingerprint density at radius 1 is 1.56 bits per heavy atom. The van der Waals surface area contributed by atoms with Crippen LogP contribution in [-0.2, 0) is 4.74 Å². The van der Waals surface area contributed by atoms with Crippen molar-refractivity contribution in [3.63, 3.8) is 0 Å². The summed E-state index contributed by atoms with van der Waals surface area (Å²) >= 11 is 1.71. The van der Waals surface area contributed by atoms with Crippen molar-refractivity contribution in [3.05, 3.63) is 23.8 Å². The molecule has 18 heavy (non-hydrogen) atoms. The topological polar surface area (TPSA) is 45.0 Å². The molecule has 0 aliphatic carbocycles. The van der Waals surface area contributed by atoms with E-state index in [0.29, 0.717) is 6.04 Å². The first kappa shape index (κ1) is 13.3. The van der Waals surface area contributed by atoms with Crippen molar-refractivity contribution >= 4 is 17.4 Å². The van der Waals surface area contributed by atoms with E-state index in [1.165, 1.54) is 0 Å². The van der Waals surface area contributed by atoms with E-state index in [0.717, 1.165) is 34.9 Å². The molecule has 1 aromatic rings. The largest absolute Gasteiger partial charge is 0.379 e. The van der Waals surface area contributed by atoms with Crippen LogP contribution in [0.3, 0.4) is 0 Å². The van der Waals surface area contributed by atoms with Gasteiger partial charge in [-0.2, -0.15) is 5.26 Å². The summed E-state index contributed by atoms with van der Waals surface area (Å²) in [7, 11) is 0. The molecule has 1 fully saturated rings. The van der Waals surface area contributed by atoms with Gasteiger partial charge in [0.05, 0.1) is 23.4 Å². The van der Waals surface area contributed by atoms with Gasteiger partial charge in [-0.15, -0.1) is 11.8 Å². The van der Waals surface area contributed by atoms with E-state index in [-0.39, 0.29) is 6.10 Å². The Bertz CT molecular complexity index is 456. The molecule has 0 aromatic heterocycles. The first-order chi connectivity index (χ1) is 8.76. The molecule has 3 nitrogen and oxygen atoms in total. The number of nitrogens with zero attached hydrogens (tertiary/aromatic N) is 1. The molecule has 1 aliphatic heterocycles. The number of nitrogens with one attached hydrogen (secondary N) is 1. The molecule has 0 saturated carbocycles. The van der Waals surface area contributed by atoms with E-state index < -0.39 is 0 Å². The number of rotatable bonds is 4. The molecule has 0 bridgehead atoms. The minimum atomic E-state index is 0.207. The van der Waals surface area contributed by atoms with Crippen LogP contribution >= 0.6 is 11.8 Å². The van der Waals surface area contributed by atoms with Gasteiger partial charge >= 0.3 is 0 Å². The second-order valence-corrected chi connectivity index (χ2v) is 5.64. The zero-order valence-electron chi connectivity index (χ0n) is 10.8. The molecule has 1 N–H and O–H groups in total. The summed E-state index contributed by atoms with van der Waals surface area (Å²) in [5.41, 5.74) is 1.68. The SMILES string of the molecule is CCSc1cccc(NC2CCOC2C)c1C#N. The summed E-state index contributed by atoms with van der Waals surface area (Å²) in [5.74, 6) is 0.973. The molecule has 1 aromatic carbocycles. The van der Waals surface area contributed by atoms with Crippen LogP contribution in [0.4, 0.5) is 5.69 Å². The van der Waals surface area contributed by atoms with Crippen molar-refractivity contribution in [3.8, 4) is 6.07 Å². The molecule has 0 amide bonds. The Morgan fingerprint density at radius 2 is 2.39 bits per heavy atom. The highest BCUT2D eigenvalue weighted by Crippen LogP contribution is 2.29. The summed E-state index contributed by atoms with van der Waals surface area (Å²) in [6, 6.07) is 8.60. The number of ether oxygens (including phenoxy) is 1. The lowest BCUT2D eigenvalue weighted by Gasteiger charge is -2.19. The van der Waals surface area contributed by atoms with Crippen LogP contribution in [0.1, 0.15) is 25.8 Å². The second kappa shape index (κ2) is 6.12. The summed E-state index contributed by atoms with van der Waals surface area (Å²) < 4.78 is 5.54. The maximum atomic E-state index is 9.33. The van der Waals surface area contributed by atoms with Gasteiger partial charge in [-0.05, 0) is 31.2 Å². The molecule has 1 saturated heterocycles. The lowest BCUT2D eigenvalue weighted by molar-refractivity contribution is 0.121. The van der Waals surface area contributed by atoms with Crippen LogP contribution in [0.2, 0.25) is 0 Å². The lowest BCUT2D eigenvalue weighted by atomic mass is 10.1. The van der Waals surface area contributed by atoms with E-state index >= 15 is 0 Å². The van der Waals surface area contributed by atoms with Gasteiger partial charge < -0.3 is 10.1 Å². The molecule has 2 rings (SSSR count). The number of hydrogen-bond donors (Lipinski definition) is 1. The first-order valence-corrected chi connectivity index (χ1v) is 7.29. The van der Waals surface area contributed by atoms with E-state index in [9.17, 15) is 5.26 Å². The van der Waals surface area contributed by atoms with Gasteiger partial charge in [0.2, 0.25) is 0 Å². The van der Waals surface area contributed by atoms with Crippen molar-refractivity contribution in [1.29, 1.82) is 5.26 Å². The highest BCUT2D eigenvalue weighted by atomic mass is 32.2. The highest BCUT2D eigenvalue weighted by Gasteiger charge is 2.24. The van der Waals surface area contributed by atoms with E-state index in [4.69, 9.17) is 4.74 Å². The predicted molar refractivity (Wildman–Crippen MR) is 75.0 cm³/mol. The minimum Gasteiger partial charge on any atom is -0.379 e. The second-order valence-electron chi connectivity index (χ2n) is 4.34. The fourth-order valence-corrected chi connectivity index (χ4v) is 2.95. The van der Waals surface area contributed by atoms with Gasteiger partial charge in [-0.1, -0.05) is 13.0 Å². The zero-order valence-corrected chi connectivity index (χ0v) is 11.6. The molecule has 1 aliphatic rings. The number of thioether (sulfide) groups is 1. The normalized spacial score (nSPS) is 22.7. The quantitative estimate of drug-likeness (QED) is 0.846. The molecular weight excluding hydrogens is 244 g/mol. The van der Waals surface area contributed by atoms with Gasteiger partial charge in [-0.25, -0.2) is 0 Å². The van der Waals surface area contributed by atoms with Crippen LogP contribution in [0, 0.1) is 11.3 Å². The lowest BCUT2D eigenvalue weighted by Crippen LogP contribution is -2.27. The van der Waals surface area contributed by atoms with E-state index in [1.807, 2.05) is 18.2 Å². The molecule has 4 heteroatoms. The molecule has 0 spiro atoms. The third-order valence-electron chi connectivity index (χ3n) is 3.16. The maximum Gasteiger partial charge on any atom is 0.102 e. The Morgan fingerprint density at radius 3 is 3.00 bits per heavy atom. The van der Waals surface area contributed by atoms with E-state index in [2.05, 4.69) is 25.2 Å². The summed E-state index contributed by atoms with van der Waals surface area (Å²) in [6.45, 7) is 4.96. The Kier molecular flexibility index (Phi) is 4.51. The third-order valence-corrected chi connectivity index (χ3v) is 4.09. The van der Waals surface area contributed by atoms with Crippen molar-refractivity contribution in [1.82, 2.24) is 0 Å². The predicted octanol–water partition coefficient (Wildman–Crippen LogP) is 3.26. The number of nitriles is 1. The van der Waals surface area contributed by atoms with Crippen molar-refractivity contribution < 1.29 is 4.74 Å². The fraction of sp³-hybridized carbons (Fsp3) is 0.500. The summed E-state index contributed by atoms with van der Waals surface area (Å²) in [4.78, 5) is 1.05. The zero-order chi connectivity index (χ0) is 13.0. The Labute approximate surface area is 113 Å². The molecule has 2 unspecified atom stereocenters. The Hall–Kier alpha value is -1.18. The summed E-state index contributed by atoms with van der Waals surface area (Å²) in [5, 5.41) is 12.8.